The summed E-state index contributed by atoms with van der Waals surface area (Å²) in [4.78, 5) is 0. The van der Waals surface area contributed by atoms with Crippen molar-refractivity contribution in [2.45, 2.75) is 34.1 Å². The second kappa shape index (κ2) is 5.03. The third-order valence-corrected chi connectivity index (χ3v) is 4.55. The number of rotatable bonds is 6. The molecule has 0 radical (unpaired) electrons. The highest BCUT2D eigenvalue weighted by Crippen LogP contribution is 2.36. The third kappa shape index (κ3) is 8.07. The average molecular weight is 255 g/mol. The molecule has 0 amide bonds. The van der Waals surface area contributed by atoms with Gasteiger partial charge in [0.2, 0.25) is 0 Å². The molecule has 0 aliphatic carbocycles. The van der Waals surface area contributed by atoms with Crippen molar-refractivity contribution in [3.05, 3.63) is 0 Å². The van der Waals surface area contributed by atoms with Crippen LogP contribution in [0.4, 0.5) is 0 Å². The summed E-state index contributed by atoms with van der Waals surface area (Å²) in [6, 6.07) is 0. The van der Waals surface area contributed by atoms with Gasteiger partial charge in [-0.2, -0.15) is 8.42 Å². The molecule has 0 rings (SSSR count). The van der Waals surface area contributed by atoms with Gasteiger partial charge in [-0.3, -0.25) is 4.55 Å². The van der Waals surface area contributed by atoms with Gasteiger partial charge in [0.15, 0.2) is 0 Å². The highest BCUT2D eigenvalue weighted by molar-refractivity contribution is 8.69. The van der Waals surface area contributed by atoms with E-state index in [0.29, 0.717) is 23.1 Å². The molecular formula is C9H21NO3S2. The molecule has 0 aromatic rings. The molecule has 0 aliphatic heterocycles. The fraction of sp³-hybridized carbons (Fsp3) is 1.00. The van der Waals surface area contributed by atoms with Crippen molar-refractivity contribution in [1.29, 1.82) is 0 Å². The zero-order chi connectivity index (χ0) is 12.3. The summed E-state index contributed by atoms with van der Waals surface area (Å²) < 4.78 is 29.9. The van der Waals surface area contributed by atoms with E-state index in [1.807, 2.05) is 27.7 Å². The normalized spacial score (nSPS) is 14.3. The first-order chi connectivity index (χ1) is 6.47. The predicted octanol–water partition coefficient (Wildman–Crippen LogP) is 1.92. The number of nitrogens with two attached hydrogens (primary N) is 1. The summed E-state index contributed by atoms with van der Waals surface area (Å²) in [7, 11) is -3.36. The van der Waals surface area contributed by atoms with Crippen molar-refractivity contribution < 1.29 is 13.0 Å². The average Bonchev–Trinajstić information content (AvgIpc) is 1.98. The maximum atomic E-state index is 10.6. The standard InChI is InChI=1S/C9H21NO3S2/c1-8(2,6-10)5-9(3,4)7-14-15(11,12)13/h5-7,10H2,1-4H3,(H,11,12,13). The van der Waals surface area contributed by atoms with Crippen molar-refractivity contribution in [2.24, 2.45) is 16.6 Å². The summed E-state index contributed by atoms with van der Waals surface area (Å²) in [5.41, 5.74) is 5.45. The lowest BCUT2D eigenvalue weighted by atomic mass is 9.76. The van der Waals surface area contributed by atoms with Gasteiger partial charge >= 0.3 is 9.15 Å². The van der Waals surface area contributed by atoms with Gasteiger partial charge < -0.3 is 5.73 Å². The van der Waals surface area contributed by atoms with E-state index in [0.717, 1.165) is 6.42 Å². The second-order valence-corrected chi connectivity index (χ2v) is 8.75. The summed E-state index contributed by atoms with van der Waals surface area (Å²) in [6.07, 6.45) is 0.818. The molecular weight excluding hydrogens is 234 g/mol. The smallest absolute Gasteiger partial charge is 0.319 e. The summed E-state index contributed by atoms with van der Waals surface area (Å²) in [5.74, 6) is 0.370. The van der Waals surface area contributed by atoms with Crippen molar-refractivity contribution in [3.8, 4) is 0 Å². The Labute approximate surface area is 96.2 Å². The molecule has 0 fully saturated rings. The highest BCUT2D eigenvalue weighted by atomic mass is 33.1. The van der Waals surface area contributed by atoms with Gasteiger partial charge in [-0.05, 0) is 34.6 Å². The zero-order valence-electron chi connectivity index (χ0n) is 9.78. The fourth-order valence-electron chi connectivity index (χ4n) is 1.65. The van der Waals surface area contributed by atoms with Crippen LogP contribution in [0.1, 0.15) is 34.1 Å². The molecule has 0 heterocycles. The molecule has 0 bridgehead atoms. The SMILES string of the molecule is CC(C)(CN)CC(C)(C)CSS(=O)(=O)O. The Hall–Kier alpha value is 0.220. The number of hydrogen-bond acceptors (Lipinski definition) is 4. The van der Waals surface area contributed by atoms with Crippen molar-refractivity contribution >= 4 is 19.9 Å². The van der Waals surface area contributed by atoms with Crippen LogP contribution in [0.2, 0.25) is 0 Å². The molecule has 0 aliphatic rings. The molecule has 4 nitrogen and oxygen atoms in total. The molecule has 6 heteroatoms. The third-order valence-electron chi connectivity index (χ3n) is 2.11. The first-order valence-electron chi connectivity index (χ1n) is 4.79. The molecule has 0 aromatic heterocycles. The largest absolute Gasteiger partial charge is 0.330 e. The van der Waals surface area contributed by atoms with Crippen LogP contribution in [0.15, 0.2) is 0 Å². The molecule has 92 valence electrons. The van der Waals surface area contributed by atoms with Crippen LogP contribution < -0.4 is 5.73 Å². The van der Waals surface area contributed by atoms with Crippen LogP contribution in [-0.4, -0.2) is 25.3 Å². The zero-order valence-corrected chi connectivity index (χ0v) is 11.4. The van der Waals surface area contributed by atoms with Gasteiger partial charge in [-0.1, -0.05) is 27.7 Å². The van der Waals surface area contributed by atoms with Crippen LogP contribution in [-0.2, 0) is 9.15 Å². The minimum Gasteiger partial charge on any atom is -0.330 e. The van der Waals surface area contributed by atoms with Crippen LogP contribution in [0, 0.1) is 10.8 Å². The van der Waals surface area contributed by atoms with Crippen LogP contribution >= 0.6 is 10.8 Å². The van der Waals surface area contributed by atoms with Gasteiger partial charge in [-0.25, -0.2) is 0 Å². The molecule has 0 aromatic carbocycles. The quantitative estimate of drug-likeness (QED) is 0.560. The van der Waals surface area contributed by atoms with E-state index in [2.05, 4.69) is 0 Å². The van der Waals surface area contributed by atoms with E-state index in [-0.39, 0.29) is 10.8 Å². The van der Waals surface area contributed by atoms with E-state index >= 15 is 0 Å². The van der Waals surface area contributed by atoms with Crippen LogP contribution in [0.3, 0.4) is 0 Å². The monoisotopic (exact) mass is 255 g/mol. The molecule has 0 saturated carbocycles. The maximum Gasteiger partial charge on any atom is 0.319 e. The Kier molecular flexibility index (Phi) is 5.11. The Morgan fingerprint density at radius 2 is 1.67 bits per heavy atom. The van der Waals surface area contributed by atoms with Gasteiger partial charge in [0.1, 0.15) is 0 Å². The Morgan fingerprint density at radius 3 is 2.00 bits per heavy atom. The number of hydrogen-bond donors (Lipinski definition) is 2. The van der Waals surface area contributed by atoms with Crippen molar-refractivity contribution in [1.82, 2.24) is 0 Å². The lowest BCUT2D eigenvalue weighted by Crippen LogP contribution is -2.31. The van der Waals surface area contributed by atoms with Crippen LogP contribution in [0.25, 0.3) is 0 Å². The van der Waals surface area contributed by atoms with E-state index in [1.54, 1.807) is 0 Å². The second-order valence-electron chi connectivity index (χ2n) is 5.40. The van der Waals surface area contributed by atoms with E-state index in [1.165, 1.54) is 0 Å². The predicted molar refractivity (Wildman–Crippen MR) is 65.2 cm³/mol. The lowest BCUT2D eigenvalue weighted by molar-refractivity contribution is 0.224. The summed E-state index contributed by atoms with van der Waals surface area (Å²) in [6.45, 7) is 8.61. The maximum absolute atomic E-state index is 10.6. The van der Waals surface area contributed by atoms with Gasteiger partial charge in [0, 0.05) is 5.75 Å². The van der Waals surface area contributed by atoms with Gasteiger partial charge in [0.05, 0.1) is 0 Å². The molecule has 0 saturated heterocycles. The molecule has 3 N–H and O–H groups in total. The Bertz CT molecular complexity index is 296. The van der Waals surface area contributed by atoms with Gasteiger partial charge in [-0.15, -0.1) is 0 Å². The first kappa shape index (κ1) is 15.2. The van der Waals surface area contributed by atoms with Gasteiger partial charge in [0.25, 0.3) is 0 Å². The molecule has 0 unspecified atom stereocenters. The van der Waals surface area contributed by atoms with Crippen molar-refractivity contribution in [2.75, 3.05) is 12.3 Å². The van der Waals surface area contributed by atoms with Crippen LogP contribution in [0.5, 0.6) is 0 Å². The first-order valence-corrected chi connectivity index (χ1v) is 7.74. The topological polar surface area (TPSA) is 80.4 Å². The fourth-order valence-corrected chi connectivity index (χ4v) is 3.63. The Balaban J connectivity index is 4.32. The minimum atomic E-state index is -3.93. The van der Waals surface area contributed by atoms with Crippen molar-refractivity contribution in [3.63, 3.8) is 0 Å². The van der Waals surface area contributed by atoms with E-state index in [9.17, 15) is 8.42 Å². The lowest BCUT2D eigenvalue weighted by Gasteiger charge is -2.33. The van der Waals surface area contributed by atoms with E-state index < -0.39 is 9.15 Å². The summed E-state index contributed by atoms with van der Waals surface area (Å²) >= 11 is 0. The molecule has 15 heavy (non-hydrogen) atoms. The Morgan fingerprint density at radius 1 is 1.20 bits per heavy atom. The molecule has 0 atom stereocenters. The van der Waals surface area contributed by atoms with E-state index in [4.69, 9.17) is 10.3 Å². The highest BCUT2D eigenvalue weighted by Gasteiger charge is 2.29. The summed E-state index contributed by atoms with van der Waals surface area (Å²) in [5, 5.41) is 0. The molecule has 0 spiro atoms. The minimum absolute atomic E-state index is 0.0106.